The van der Waals surface area contributed by atoms with E-state index in [1.54, 1.807) is 0 Å². The highest BCUT2D eigenvalue weighted by Gasteiger charge is 2.52. The van der Waals surface area contributed by atoms with E-state index in [2.05, 4.69) is 19.6 Å². The zero-order valence-electron chi connectivity index (χ0n) is 7.47. The van der Waals surface area contributed by atoms with Crippen molar-refractivity contribution in [1.29, 1.82) is 0 Å². The van der Waals surface area contributed by atoms with Crippen LogP contribution < -0.4 is 0 Å². The maximum absolute atomic E-state index is 3.81. The molecule has 0 bridgehead atoms. The van der Waals surface area contributed by atoms with Crippen molar-refractivity contribution in [2.45, 2.75) is 39.0 Å². The van der Waals surface area contributed by atoms with Gasteiger partial charge in [-0.05, 0) is 49.4 Å². The molecule has 2 saturated carbocycles. The highest BCUT2D eigenvalue weighted by atomic mass is 14.6. The molecular formula is C11H18. The topological polar surface area (TPSA) is 0 Å². The van der Waals surface area contributed by atoms with Gasteiger partial charge in [-0.15, -0.1) is 6.58 Å². The Balaban J connectivity index is 1.88. The van der Waals surface area contributed by atoms with Gasteiger partial charge >= 0.3 is 0 Å². The standard InChI is InChI=1S/C11H18/c1-3-4-9-5-6-11(2)8-10(11)7-9/h3,9-10H,1,4-8H2,2H3/t9-,10+,11-/m1/s1. The van der Waals surface area contributed by atoms with Crippen LogP contribution in [0.3, 0.4) is 0 Å². The van der Waals surface area contributed by atoms with E-state index >= 15 is 0 Å². The molecule has 0 aromatic carbocycles. The van der Waals surface area contributed by atoms with Gasteiger partial charge in [0.15, 0.2) is 0 Å². The molecule has 0 aliphatic heterocycles. The van der Waals surface area contributed by atoms with Crippen LogP contribution in [0.2, 0.25) is 0 Å². The smallest absolute Gasteiger partial charge is 0.0294 e. The molecule has 2 aliphatic carbocycles. The van der Waals surface area contributed by atoms with Crippen molar-refractivity contribution in [3.05, 3.63) is 12.7 Å². The number of hydrogen-bond acceptors (Lipinski definition) is 0. The van der Waals surface area contributed by atoms with Crippen molar-refractivity contribution in [2.75, 3.05) is 0 Å². The summed E-state index contributed by atoms with van der Waals surface area (Å²) in [5.41, 5.74) is 0.789. The van der Waals surface area contributed by atoms with E-state index in [9.17, 15) is 0 Å². The zero-order chi connectivity index (χ0) is 7.90. The van der Waals surface area contributed by atoms with Crippen molar-refractivity contribution in [3.8, 4) is 0 Å². The summed E-state index contributed by atoms with van der Waals surface area (Å²) in [6.07, 6.45) is 9.29. The molecule has 0 amide bonds. The van der Waals surface area contributed by atoms with Crippen molar-refractivity contribution in [1.82, 2.24) is 0 Å². The Kier molecular flexibility index (Phi) is 1.59. The minimum absolute atomic E-state index is 0.789. The van der Waals surface area contributed by atoms with E-state index in [1.165, 1.54) is 32.1 Å². The zero-order valence-corrected chi connectivity index (χ0v) is 7.47. The average Bonchev–Trinajstić information content (AvgIpc) is 2.61. The first kappa shape index (κ1) is 7.39. The fourth-order valence-corrected chi connectivity index (χ4v) is 2.68. The molecule has 3 atom stereocenters. The molecular weight excluding hydrogens is 132 g/mol. The number of rotatable bonds is 2. The third kappa shape index (κ3) is 1.23. The maximum Gasteiger partial charge on any atom is -0.0294 e. The molecule has 0 saturated heterocycles. The van der Waals surface area contributed by atoms with E-state index in [4.69, 9.17) is 0 Å². The van der Waals surface area contributed by atoms with Crippen molar-refractivity contribution < 1.29 is 0 Å². The Bertz CT molecular complexity index is 171. The van der Waals surface area contributed by atoms with Crippen molar-refractivity contribution in [3.63, 3.8) is 0 Å². The van der Waals surface area contributed by atoms with Crippen molar-refractivity contribution >= 4 is 0 Å². The van der Waals surface area contributed by atoms with Crippen LogP contribution in [-0.2, 0) is 0 Å². The second kappa shape index (κ2) is 2.36. The van der Waals surface area contributed by atoms with Crippen LogP contribution in [0, 0.1) is 17.3 Å². The fraction of sp³-hybridized carbons (Fsp3) is 0.818. The summed E-state index contributed by atoms with van der Waals surface area (Å²) in [6, 6.07) is 0. The van der Waals surface area contributed by atoms with Gasteiger partial charge in [0, 0.05) is 0 Å². The lowest BCUT2D eigenvalue weighted by atomic mass is 9.81. The molecule has 0 spiro atoms. The van der Waals surface area contributed by atoms with E-state index in [-0.39, 0.29) is 0 Å². The molecule has 0 aromatic heterocycles. The van der Waals surface area contributed by atoms with Gasteiger partial charge in [-0.25, -0.2) is 0 Å². The summed E-state index contributed by atoms with van der Waals surface area (Å²) in [7, 11) is 0. The first-order valence-electron chi connectivity index (χ1n) is 4.85. The summed E-state index contributed by atoms with van der Waals surface area (Å²) < 4.78 is 0. The van der Waals surface area contributed by atoms with Gasteiger partial charge < -0.3 is 0 Å². The van der Waals surface area contributed by atoms with Gasteiger partial charge in [-0.3, -0.25) is 0 Å². The minimum Gasteiger partial charge on any atom is -0.103 e. The molecule has 62 valence electrons. The monoisotopic (exact) mass is 150 g/mol. The molecule has 0 aromatic rings. The maximum atomic E-state index is 3.81. The second-order valence-corrected chi connectivity index (χ2v) is 4.72. The third-order valence-corrected chi connectivity index (χ3v) is 3.78. The van der Waals surface area contributed by atoms with Gasteiger partial charge in [0.25, 0.3) is 0 Å². The van der Waals surface area contributed by atoms with E-state index in [0.29, 0.717) is 0 Å². The minimum atomic E-state index is 0.789. The van der Waals surface area contributed by atoms with E-state index < -0.39 is 0 Å². The number of allylic oxidation sites excluding steroid dienone is 1. The van der Waals surface area contributed by atoms with Crippen molar-refractivity contribution in [2.24, 2.45) is 17.3 Å². The molecule has 2 rings (SSSR count). The Labute approximate surface area is 69.7 Å². The lowest BCUT2D eigenvalue weighted by Gasteiger charge is -2.24. The van der Waals surface area contributed by atoms with Crippen LogP contribution in [0.25, 0.3) is 0 Å². The van der Waals surface area contributed by atoms with E-state index in [0.717, 1.165) is 17.3 Å². The fourth-order valence-electron chi connectivity index (χ4n) is 2.68. The molecule has 0 heterocycles. The van der Waals surface area contributed by atoms with Gasteiger partial charge in [-0.2, -0.15) is 0 Å². The normalized spacial score (nSPS) is 48.1. The van der Waals surface area contributed by atoms with Gasteiger partial charge in [0.05, 0.1) is 0 Å². The van der Waals surface area contributed by atoms with Gasteiger partial charge in [0.2, 0.25) is 0 Å². The average molecular weight is 150 g/mol. The lowest BCUT2D eigenvalue weighted by molar-refractivity contribution is 0.281. The highest BCUT2D eigenvalue weighted by Crippen LogP contribution is 2.62. The Hall–Kier alpha value is -0.260. The number of hydrogen-bond donors (Lipinski definition) is 0. The second-order valence-electron chi connectivity index (χ2n) is 4.72. The molecule has 0 unspecified atom stereocenters. The lowest BCUT2D eigenvalue weighted by Crippen LogP contribution is -2.13. The molecule has 0 radical (unpaired) electrons. The predicted octanol–water partition coefficient (Wildman–Crippen LogP) is 3.39. The Morgan fingerprint density at radius 3 is 3.09 bits per heavy atom. The molecule has 2 aliphatic rings. The molecule has 0 heteroatoms. The summed E-state index contributed by atoms with van der Waals surface area (Å²) in [5, 5.41) is 0. The van der Waals surface area contributed by atoms with Gasteiger partial charge in [0.1, 0.15) is 0 Å². The first-order valence-corrected chi connectivity index (χ1v) is 4.85. The van der Waals surface area contributed by atoms with Crippen LogP contribution in [0.5, 0.6) is 0 Å². The number of fused-ring (bicyclic) bond motifs is 1. The van der Waals surface area contributed by atoms with E-state index in [1.807, 2.05) is 0 Å². The summed E-state index contributed by atoms with van der Waals surface area (Å²) in [4.78, 5) is 0. The van der Waals surface area contributed by atoms with Gasteiger partial charge in [-0.1, -0.05) is 13.0 Å². The van der Waals surface area contributed by atoms with Crippen LogP contribution in [0.1, 0.15) is 39.0 Å². The summed E-state index contributed by atoms with van der Waals surface area (Å²) >= 11 is 0. The first-order chi connectivity index (χ1) is 5.24. The SMILES string of the molecule is C=CC[C@@H]1CC[C@]2(C)C[C@@H]2C1. The quantitative estimate of drug-likeness (QED) is 0.529. The third-order valence-electron chi connectivity index (χ3n) is 3.78. The van der Waals surface area contributed by atoms with Crippen LogP contribution in [0.4, 0.5) is 0 Å². The molecule has 11 heavy (non-hydrogen) atoms. The highest BCUT2D eigenvalue weighted by molar-refractivity contribution is 5.03. The van der Waals surface area contributed by atoms with Crippen LogP contribution in [0.15, 0.2) is 12.7 Å². The summed E-state index contributed by atoms with van der Waals surface area (Å²) in [5.74, 6) is 2.06. The molecule has 0 N–H and O–H groups in total. The largest absolute Gasteiger partial charge is 0.103 e. The summed E-state index contributed by atoms with van der Waals surface area (Å²) in [6.45, 7) is 6.27. The Morgan fingerprint density at radius 2 is 2.45 bits per heavy atom. The Morgan fingerprint density at radius 1 is 1.64 bits per heavy atom. The predicted molar refractivity (Wildman–Crippen MR) is 48.4 cm³/mol. The van der Waals surface area contributed by atoms with Crippen LogP contribution in [-0.4, -0.2) is 0 Å². The van der Waals surface area contributed by atoms with Crippen LogP contribution >= 0.6 is 0 Å². The molecule has 0 nitrogen and oxygen atoms in total. The molecule has 2 fully saturated rings.